The minimum atomic E-state index is -0.225. The number of nitrogen functional groups attached to an aromatic ring is 1. The first kappa shape index (κ1) is 17.2. The van der Waals surface area contributed by atoms with Gasteiger partial charge in [-0.15, -0.1) is 0 Å². The molecule has 132 valence electrons. The van der Waals surface area contributed by atoms with Crippen molar-refractivity contribution in [3.8, 4) is 0 Å². The number of hydrogen-bond acceptors (Lipinski definition) is 4. The number of nitrogens with one attached hydrogen (secondary N) is 1. The fraction of sp³-hybridized carbons (Fsp3) is 0.316. The van der Waals surface area contributed by atoms with Crippen LogP contribution in [-0.4, -0.2) is 43.5 Å². The van der Waals surface area contributed by atoms with Gasteiger partial charge in [-0.1, -0.05) is 0 Å². The van der Waals surface area contributed by atoms with Crippen LogP contribution >= 0.6 is 0 Å². The lowest BCUT2D eigenvalue weighted by Crippen LogP contribution is -2.48. The standard InChI is InChI=1S/C19H23FN4O/c1-14-12-16(21)4-7-18(14)22-19(25)13-23-8-10-24(11-9-23)17-5-2-15(20)3-6-17/h2-7,12H,8-11,13,21H2,1H3,(H,22,25). The molecular formula is C19H23FN4O. The first-order valence-electron chi connectivity index (χ1n) is 8.40. The van der Waals surface area contributed by atoms with Crippen LogP contribution in [0, 0.1) is 12.7 Å². The topological polar surface area (TPSA) is 61.6 Å². The molecule has 1 amide bonds. The Kier molecular flexibility index (Phi) is 5.19. The summed E-state index contributed by atoms with van der Waals surface area (Å²) in [5.41, 5.74) is 9.18. The minimum Gasteiger partial charge on any atom is -0.399 e. The van der Waals surface area contributed by atoms with Crippen LogP contribution in [0.1, 0.15) is 5.56 Å². The lowest BCUT2D eigenvalue weighted by Gasteiger charge is -2.35. The van der Waals surface area contributed by atoms with Gasteiger partial charge in [0.25, 0.3) is 0 Å². The van der Waals surface area contributed by atoms with Gasteiger partial charge in [0.2, 0.25) is 5.91 Å². The number of benzene rings is 2. The van der Waals surface area contributed by atoms with E-state index in [2.05, 4.69) is 15.1 Å². The van der Waals surface area contributed by atoms with Crippen LogP contribution in [0.4, 0.5) is 21.5 Å². The molecular weight excluding hydrogens is 319 g/mol. The number of halogens is 1. The van der Waals surface area contributed by atoms with Gasteiger partial charge >= 0.3 is 0 Å². The second-order valence-electron chi connectivity index (χ2n) is 6.36. The van der Waals surface area contributed by atoms with Crippen molar-refractivity contribution in [2.75, 3.05) is 48.7 Å². The SMILES string of the molecule is Cc1cc(N)ccc1NC(=O)CN1CCN(c2ccc(F)cc2)CC1. The highest BCUT2D eigenvalue weighted by atomic mass is 19.1. The van der Waals surface area contributed by atoms with Crippen molar-refractivity contribution in [3.05, 3.63) is 53.8 Å². The molecule has 0 radical (unpaired) electrons. The Balaban J connectivity index is 1.50. The van der Waals surface area contributed by atoms with Gasteiger partial charge in [-0.3, -0.25) is 9.69 Å². The van der Waals surface area contributed by atoms with Crippen LogP contribution in [0.25, 0.3) is 0 Å². The molecule has 2 aromatic carbocycles. The maximum Gasteiger partial charge on any atom is 0.238 e. The van der Waals surface area contributed by atoms with Crippen molar-refractivity contribution >= 4 is 23.0 Å². The van der Waals surface area contributed by atoms with E-state index in [4.69, 9.17) is 5.73 Å². The van der Waals surface area contributed by atoms with Crippen molar-refractivity contribution in [1.29, 1.82) is 0 Å². The molecule has 1 heterocycles. The molecule has 0 atom stereocenters. The van der Waals surface area contributed by atoms with Crippen molar-refractivity contribution in [3.63, 3.8) is 0 Å². The maximum absolute atomic E-state index is 13.0. The molecule has 1 saturated heterocycles. The number of piperazine rings is 1. The minimum absolute atomic E-state index is 0.0249. The van der Waals surface area contributed by atoms with Gasteiger partial charge in [-0.2, -0.15) is 0 Å². The first-order valence-corrected chi connectivity index (χ1v) is 8.40. The number of nitrogens with zero attached hydrogens (tertiary/aromatic N) is 2. The van der Waals surface area contributed by atoms with Gasteiger partial charge in [0.1, 0.15) is 5.82 Å². The van der Waals surface area contributed by atoms with E-state index in [9.17, 15) is 9.18 Å². The van der Waals surface area contributed by atoms with E-state index >= 15 is 0 Å². The summed E-state index contributed by atoms with van der Waals surface area (Å²) in [6, 6.07) is 12.0. The monoisotopic (exact) mass is 342 g/mol. The second kappa shape index (κ2) is 7.53. The zero-order chi connectivity index (χ0) is 17.8. The third-order valence-corrected chi connectivity index (χ3v) is 4.46. The molecule has 0 spiro atoms. The summed E-state index contributed by atoms with van der Waals surface area (Å²) >= 11 is 0. The Morgan fingerprint density at radius 1 is 1.12 bits per heavy atom. The Labute approximate surface area is 147 Å². The van der Waals surface area contributed by atoms with Crippen molar-refractivity contribution in [1.82, 2.24) is 4.90 Å². The lowest BCUT2D eigenvalue weighted by molar-refractivity contribution is -0.117. The van der Waals surface area contributed by atoms with Crippen LogP contribution in [-0.2, 0) is 4.79 Å². The van der Waals surface area contributed by atoms with E-state index in [1.165, 1.54) is 12.1 Å². The number of amides is 1. The largest absolute Gasteiger partial charge is 0.399 e. The number of carbonyl (C=O) groups excluding carboxylic acids is 1. The van der Waals surface area contributed by atoms with E-state index in [1.54, 1.807) is 18.2 Å². The average molecular weight is 342 g/mol. The highest BCUT2D eigenvalue weighted by Gasteiger charge is 2.19. The zero-order valence-corrected chi connectivity index (χ0v) is 14.3. The van der Waals surface area contributed by atoms with Gasteiger partial charge in [0, 0.05) is 43.2 Å². The Morgan fingerprint density at radius 3 is 2.44 bits per heavy atom. The fourth-order valence-electron chi connectivity index (χ4n) is 3.04. The highest BCUT2D eigenvalue weighted by Crippen LogP contribution is 2.19. The molecule has 3 rings (SSSR count). The molecule has 0 unspecified atom stereocenters. The molecule has 1 aliphatic rings. The Bertz CT molecular complexity index is 740. The molecule has 5 nitrogen and oxygen atoms in total. The van der Waals surface area contributed by atoms with Crippen molar-refractivity contribution < 1.29 is 9.18 Å². The van der Waals surface area contributed by atoms with Crippen molar-refractivity contribution in [2.24, 2.45) is 0 Å². The van der Waals surface area contributed by atoms with E-state index in [-0.39, 0.29) is 11.7 Å². The summed E-state index contributed by atoms with van der Waals surface area (Å²) in [4.78, 5) is 16.6. The third-order valence-electron chi connectivity index (χ3n) is 4.46. The molecule has 0 aliphatic carbocycles. The van der Waals surface area contributed by atoms with Gasteiger partial charge in [-0.25, -0.2) is 4.39 Å². The smallest absolute Gasteiger partial charge is 0.238 e. The van der Waals surface area contributed by atoms with Gasteiger partial charge in [0.15, 0.2) is 0 Å². The highest BCUT2D eigenvalue weighted by molar-refractivity contribution is 5.93. The number of nitrogens with two attached hydrogens (primary N) is 1. The van der Waals surface area contributed by atoms with Gasteiger partial charge in [-0.05, 0) is 55.0 Å². The average Bonchev–Trinajstić information content (AvgIpc) is 2.59. The molecule has 0 aromatic heterocycles. The number of anilines is 3. The molecule has 3 N–H and O–H groups in total. The van der Waals surface area contributed by atoms with Crippen LogP contribution in [0.5, 0.6) is 0 Å². The quantitative estimate of drug-likeness (QED) is 0.838. The van der Waals surface area contributed by atoms with E-state index < -0.39 is 0 Å². The summed E-state index contributed by atoms with van der Waals surface area (Å²) in [7, 11) is 0. The van der Waals surface area contributed by atoms with Gasteiger partial charge < -0.3 is 16.0 Å². The molecule has 1 fully saturated rings. The number of hydrogen-bond donors (Lipinski definition) is 2. The molecule has 0 bridgehead atoms. The second-order valence-corrected chi connectivity index (χ2v) is 6.36. The number of carbonyl (C=O) groups is 1. The van der Waals surface area contributed by atoms with E-state index in [1.807, 2.05) is 19.1 Å². The van der Waals surface area contributed by atoms with Crippen LogP contribution in [0.15, 0.2) is 42.5 Å². The molecule has 25 heavy (non-hydrogen) atoms. The van der Waals surface area contributed by atoms with E-state index in [0.29, 0.717) is 12.2 Å². The molecule has 6 heteroatoms. The zero-order valence-electron chi connectivity index (χ0n) is 14.3. The van der Waals surface area contributed by atoms with Crippen LogP contribution in [0.3, 0.4) is 0 Å². The molecule has 2 aromatic rings. The fourth-order valence-corrected chi connectivity index (χ4v) is 3.04. The number of aryl methyl sites for hydroxylation is 1. The lowest BCUT2D eigenvalue weighted by atomic mass is 10.2. The Hall–Kier alpha value is -2.60. The predicted octanol–water partition coefficient (Wildman–Crippen LogP) is 2.48. The third kappa shape index (κ3) is 4.48. The van der Waals surface area contributed by atoms with Crippen LogP contribution < -0.4 is 16.0 Å². The predicted molar refractivity (Wildman–Crippen MR) is 99.3 cm³/mol. The normalized spacial score (nSPS) is 15.2. The van der Waals surface area contributed by atoms with Crippen molar-refractivity contribution in [2.45, 2.75) is 6.92 Å². The summed E-state index contributed by atoms with van der Waals surface area (Å²) in [6.07, 6.45) is 0. The Morgan fingerprint density at radius 2 is 1.80 bits per heavy atom. The summed E-state index contributed by atoms with van der Waals surface area (Å²) < 4.78 is 13.0. The van der Waals surface area contributed by atoms with E-state index in [0.717, 1.165) is 43.1 Å². The van der Waals surface area contributed by atoms with Crippen LogP contribution in [0.2, 0.25) is 0 Å². The summed E-state index contributed by atoms with van der Waals surface area (Å²) in [5.74, 6) is -0.250. The van der Waals surface area contributed by atoms with Gasteiger partial charge in [0.05, 0.1) is 6.54 Å². The maximum atomic E-state index is 13.0. The molecule has 0 saturated carbocycles. The molecule has 1 aliphatic heterocycles. The first-order chi connectivity index (χ1) is 12.0. The summed E-state index contributed by atoms with van der Waals surface area (Å²) in [5, 5.41) is 2.94. The number of rotatable bonds is 4. The summed E-state index contributed by atoms with van der Waals surface area (Å²) in [6.45, 7) is 5.52.